The fraction of sp³-hybridized carbons (Fsp3) is 0.455. The zero-order chi connectivity index (χ0) is 22.0. The molecule has 1 aliphatic rings. The first kappa shape index (κ1) is 21.5. The number of hydrogen-bond acceptors (Lipinski definition) is 6. The highest BCUT2D eigenvalue weighted by Crippen LogP contribution is 2.26. The molecule has 9 heteroatoms. The molecule has 2 N–H and O–H groups in total. The zero-order valence-electron chi connectivity index (χ0n) is 17.9. The molecule has 1 aliphatic carbocycles. The second-order valence-electron chi connectivity index (χ2n) is 8.80. The second-order valence-corrected chi connectivity index (χ2v) is 9.61. The number of fused-ring (bicyclic) bond motifs is 1. The van der Waals surface area contributed by atoms with Gasteiger partial charge in [-0.15, -0.1) is 0 Å². The van der Waals surface area contributed by atoms with Crippen LogP contribution in [0.4, 0.5) is 10.6 Å². The highest BCUT2D eigenvalue weighted by Gasteiger charge is 2.25. The molecule has 0 aliphatic heterocycles. The first-order valence-corrected chi connectivity index (χ1v) is 11.3. The fourth-order valence-electron chi connectivity index (χ4n) is 3.81. The van der Waals surface area contributed by atoms with E-state index in [1.807, 2.05) is 55.8 Å². The molecular weight excluding hydrogens is 460 g/mol. The van der Waals surface area contributed by atoms with Gasteiger partial charge in [0.1, 0.15) is 10.2 Å². The summed E-state index contributed by atoms with van der Waals surface area (Å²) in [7, 11) is 0. The molecule has 3 aromatic rings. The van der Waals surface area contributed by atoms with E-state index in [2.05, 4.69) is 41.5 Å². The largest absolute Gasteiger partial charge is 0.444 e. The maximum absolute atomic E-state index is 12.0. The van der Waals surface area contributed by atoms with E-state index in [4.69, 9.17) is 4.74 Å². The Labute approximate surface area is 190 Å². The van der Waals surface area contributed by atoms with Crippen LogP contribution >= 0.6 is 15.9 Å². The maximum Gasteiger partial charge on any atom is 0.407 e. The quantitative estimate of drug-likeness (QED) is 0.514. The molecule has 0 saturated heterocycles. The summed E-state index contributed by atoms with van der Waals surface area (Å²) >= 11 is 3.43. The molecule has 8 nitrogen and oxygen atoms in total. The lowest BCUT2D eigenvalue weighted by atomic mass is 9.91. The number of alkyl carbamates (subject to hydrolysis) is 1. The maximum atomic E-state index is 12.0. The molecule has 0 radical (unpaired) electrons. The summed E-state index contributed by atoms with van der Waals surface area (Å²) in [6, 6.07) is 6.23. The highest BCUT2D eigenvalue weighted by molar-refractivity contribution is 9.10. The Morgan fingerprint density at radius 1 is 1.16 bits per heavy atom. The minimum absolute atomic E-state index is 0.136. The summed E-state index contributed by atoms with van der Waals surface area (Å²) in [5.41, 5.74) is 2.04. The van der Waals surface area contributed by atoms with Crippen LogP contribution < -0.4 is 10.6 Å². The topological polar surface area (TPSA) is 93.4 Å². The smallest absolute Gasteiger partial charge is 0.407 e. The van der Waals surface area contributed by atoms with Gasteiger partial charge in [-0.25, -0.2) is 19.7 Å². The van der Waals surface area contributed by atoms with Gasteiger partial charge in [0.2, 0.25) is 0 Å². The van der Waals surface area contributed by atoms with Crippen molar-refractivity contribution >= 4 is 33.5 Å². The third kappa shape index (κ3) is 5.33. The average Bonchev–Trinajstić information content (AvgIpc) is 3.13. The summed E-state index contributed by atoms with van der Waals surface area (Å²) in [6.45, 7) is 5.61. The minimum Gasteiger partial charge on any atom is -0.444 e. The number of anilines is 1. The number of nitrogens with one attached hydrogen (secondary N) is 2. The van der Waals surface area contributed by atoms with Gasteiger partial charge in [-0.3, -0.25) is 4.40 Å². The van der Waals surface area contributed by atoms with Crippen LogP contribution in [0.1, 0.15) is 46.5 Å². The lowest BCUT2D eigenvalue weighted by Gasteiger charge is -2.30. The van der Waals surface area contributed by atoms with Gasteiger partial charge >= 0.3 is 6.09 Å². The van der Waals surface area contributed by atoms with Gasteiger partial charge in [0.25, 0.3) is 0 Å². The normalized spacial score (nSPS) is 19.2. The number of amides is 1. The van der Waals surface area contributed by atoms with Gasteiger partial charge in [0, 0.05) is 24.5 Å². The Bertz CT molecular complexity index is 1070. The van der Waals surface area contributed by atoms with Crippen molar-refractivity contribution in [3.05, 3.63) is 41.4 Å². The third-order valence-corrected chi connectivity index (χ3v) is 5.64. The molecule has 0 atom stereocenters. The standard InChI is InChI=1S/C22H27BrN6O2/c1-22(2,3)31-21(30)27-15-9-7-14(8-10-15)26-19-20-25-13-17(29(20)12-11-24-19)16-5-4-6-18(23)28-16/h4-6,11-15H,7-10H2,1-3H3,(H,24,26)(H,27,30). The summed E-state index contributed by atoms with van der Waals surface area (Å²) < 4.78 is 8.14. The Balaban J connectivity index is 1.41. The van der Waals surface area contributed by atoms with Gasteiger partial charge < -0.3 is 15.4 Å². The van der Waals surface area contributed by atoms with Crippen LogP contribution in [0.2, 0.25) is 0 Å². The summed E-state index contributed by atoms with van der Waals surface area (Å²) in [4.78, 5) is 25.7. The molecule has 0 unspecified atom stereocenters. The lowest BCUT2D eigenvalue weighted by Crippen LogP contribution is -2.42. The van der Waals surface area contributed by atoms with E-state index in [1.165, 1.54) is 0 Å². The lowest BCUT2D eigenvalue weighted by molar-refractivity contribution is 0.0492. The number of carbonyl (C=O) groups is 1. The van der Waals surface area contributed by atoms with Gasteiger partial charge in [-0.05, 0) is 74.5 Å². The Morgan fingerprint density at radius 3 is 2.61 bits per heavy atom. The van der Waals surface area contributed by atoms with Crippen molar-refractivity contribution < 1.29 is 9.53 Å². The van der Waals surface area contributed by atoms with Crippen LogP contribution in [0.15, 0.2) is 41.4 Å². The van der Waals surface area contributed by atoms with E-state index >= 15 is 0 Å². The van der Waals surface area contributed by atoms with Crippen molar-refractivity contribution in [2.24, 2.45) is 0 Å². The highest BCUT2D eigenvalue weighted by atomic mass is 79.9. The van der Waals surface area contributed by atoms with Crippen LogP contribution in [0.5, 0.6) is 0 Å². The van der Waals surface area contributed by atoms with E-state index in [-0.39, 0.29) is 18.2 Å². The van der Waals surface area contributed by atoms with Crippen molar-refractivity contribution in [2.75, 3.05) is 5.32 Å². The predicted octanol–water partition coefficient (Wildman–Crippen LogP) is 4.80. The van der Waals surface area contributed by atoms with E-state index in [0.29, 0.717) is 0 Å². The molecule has 3 heterocycles. The van der Waals surface area contributed by atoms with Crippen molar-refractivity contribution in [3.63, 3.8) is 0 Å². The fourth-order valence-corrected chi connectivity index (χ4v) is 4.15. The van der Waals surface area contributed by atoms with E-state index in [9.17, 15) is 4.79 Å². The van der Waals surface area contributed by atoms with Crippen molar-refractivity contribution in [3.8, 4) is 11.4 Å². The van der Waals surface area contributed by atoms with Crippen molar-refractivity contribution in [2.45, 2.75) is 64.1 Å². The Morgan fingerprint density at radius 2 is 1.90 bits per heavy atom. The van der Waals surface area contributed by atoms with Crippen LogP contribution in [-0.2, 0) is 4.74 Å². The molecular formula is C22H27BrN6O2. The van der Waals surface area contributed by atoms with Crippen LogP contribution in [0, 0.1) is 0 Å². The number of hydrogen-bond donors (Lipinski definition) is 2. The number of pyridine rings is 1. The number of carbonyl (C=O) groups excluding carboxylic acids is 1. The SMILES string of the molecule is CC(C)(C)OC(=O)NC1CCC(Nc2nccn3c(-c4cccc(Br)n4)cnc23)CC1. The molecule has 31 heavy (non-hydrogen) atoms. The van der Waals surface area contributed by atoms with E-state index in [1.54, 1.807) is 6.20 Å². The number of rotatable bonds is 4. The summed E-state index contributed by atoms with van der Waals surface area (Å²) in [6.07, 6.45) is 8.79. The number of aromatic nitrogens is 4. The number of imidazole rings is 1. The molecule has 3 aromatic heterocycles. The van der Waals surface area contributed by atoms with E-state index < -0.39 is 5.60 Å². The molecule has 0 bridgehead atoms. The van der Waals surface area contributed by atoms with E-state index in [0.717, 1.165) is 53.1 Å². The predicted molar refractivity (Wildman–Crippen MR) is 123 cm³/mol. The third-order valence-electron chi connectivity index (χ3n) is 5.19. The van der Waals surface area contributed by atoms with Crippen molar-refractivity contribution in [1.29, 1.82) is 0 Å². The molecule has 4 rings (SSSR count). The van der Waals surface area contributed by atoms with Crippen LogP contribution in [0.25, 0.3) is 17.0 Å². The van der Waals surface area contributed by atoms with Crippen LogP contribution in [-0.4, -0.2) is 43.1 Å². The zero-order valence-corrected chi connectivity index (χ0v) is 19.5. The Hall–Kier alpha value is -2.68. The second kappa shape index (κ2) is 8.82. The molecule has 0 aromatic carbocycles. The first-order chi connectivity index (χ1) is 14.8. The van der Waals surface area contributed by atoms with Crippen molar-refractivity contribution in [1.82, 2.24) is 24.7 Å². The molecule has 1 saturated carbocycles. The van der Waals surface area contributed by atoms with Gasteiger partial charge in [0.15, 0.2) is 11.5 Å². The average molecular weight is 487 g/mol. The molecule has 1 fully saturated rings. The molecule has 1 amide bonds. The first-order valence-electron chi connectivity index (χ1n) is 10.5. The monoisotopic (exact) mass is 486 g/mol. The van der Waals surface area contributed by atoms with Crippen LogP contribution in [0.3, 0.4) is 0 Å². The number of nitrogens with zero attached hydrogens (tertiary/aromatic N) is 4. The number of ether oxygens (including phenoxy) is 1. The minimum atomic E-state index is -0.485. The van der Waals surface area contributed by atoms with Gasteiger partial charge in [-0.1, -0.05) is 6.07 Å². The summed E-state index contributed by atoms with van der Waals surface area (Å²) in [5, 5.41) is 6.53. The van der Waals surface area contributed by atoms with Gasteiger partial charge in [-0.2, -0.15) is 0 Å². The molecule has 0 spiro atoms. The Kier molecular flexibility index (Phi) is 6.13. The molecule has 164 valence electrons. The van der Waals surface area contributed by atoms with Gasteiger partial charge in [0.05, 0.1) is 17.6 Å². The summed E-state index contributed by atoms with van der Waals surface area (Å²) in [5.74, 6) is 0.757. The number of halogens is 1.